The third kappa shape index (κ3) is 4.65. The highest BCUT2D eigenvalue weighted by Gasteiger charge is 2.54. The number of alkyl halides is 3. The van der Waals surface area contributed by atoms with E-state index in [0.717, 1.165) is 16.2 Å². The largest absolute Gasteiger partial charge is 0.477 e. The summed E-state index contributed by atoms with van der Waals surface area (Å²) in [6, 6.07) is -1.91. The number of amides is 2. The number of carboxylic acid groups (broad SMARTS) is 1. The highest BCUT2D eigenvalue weighted by Crippen LogP contribution is 2.43. The highest BCUT2D eigenvalue weighted by molar-refractivity contribution is 8.03. The molecule has 0 radical (unpaired) electrons. The van der Waals surface area contributed by atoms with E-state index in [1.807, 2.05) is 0 Å². The number of oxime groups is 1. The number of allylic oxidation sites excluding steroid dienone is 1. The Morgan fingerprint density at radius 1 is 1.34 bits per heavy atom. The number of nitrogen functional groups attached to an aromatic ring is 1. The molecule has 35 heavy (non-hydrogen) atoms. The van der Waals surface area contributed by atoms with Crippen LogP contribution >= 0.6 is 46.2 Å². The molecule has 0 bridgehead atoms. The van der Waals surface area contributed by atoms with Crippen molar-refractivity contribution in [3.63, 3.8) is 0 Å². The van der Waals surface area contributed by atoms with Gasteiger partial charge in [0.15, 0.2) is 10.8 Å². The molecule has 12 nitrogen and oxygen atoms in total. The molecular formula is C16H11ClF3N7O5S3. The summed E-state index contributed by atoms with van der Waals surface area (Å²) in [5.41, 5.74) is 4.30. The van der Waals surface area contributed by atoms with Gasteiger partial charge in [0.25, 0.3) is 11.8 Å². The predicted molar refractivity (Wildman–Crippen MR) is 117 cm³/mol. The van der Waals surface area contributed by atoms with Crippen LogP contribution in [0.25, 0.3) is 0 Å². The number of hydrogen-bond acceptors (Lipinski definition) is 12. The van der Waals surface area contributed by atoms with Crippen molar-refractivity contribution in [1.29, 1.82) is 0 Å². The number of thiazole rings is 1. The molecular weight excluding hydrogens is 559 g/mol. The molecule has 2 aromatic heterocycles. The predicted octanol–water partition coefficient (Wildman–Crippen LogP) is 2.01. The minimum absolute atomic E-state index is 0.00958. The Hall–Kier alpha value is -2.96. The zero-order valence-electron chi connectivity index (χ0n) is 16.7. The molecule has 186 valence electrons. The SMILES string of the molecule is Nc1nc(/C(=N/O)C(=O)NC2C(=O)N3C(C(=O)O)=C(Sc4nsc(C(F)(F)F)n4)CCC23)c(Cl)s1. The van der Waals surface area contributed by atoms with Gasteiger partial charge in [-0.25, -0.2) is 14.8 Å². The van der Waals surface area contributed by atoms with Crippen LogP contribution in [0.3, 0.4) is 0 Å². The number of anilines is 1. The molecule has 0 aliphatic carbocycles. The Balaban J connectivity index is 1.52. The lowest BCUT2D eigenvalue weighted by atomic mass is 9.86. The fourth-order valence-corrected chi connectivity index (χ4v) is 6.02. The maximum absolute atomic E-state index is 12.8. The lowest BCUT2D eigenvalue weighted by molar-refractivity contribution is -0.155. The first kappa shape index (κ1) is 25.1. The van der Waals surface area contributed by atoms with Gasteiger partial charge in [0.05, 0.1) is 6.04 Å². The summed E-state index contributed by atoms with van der Waals surface area (Å²) >= 11 is 7.52. The van der Waals surface area contributed by atoms with Gasteiger partial charge in [-0.2, -0.15) is 17.5 Å². The number of nitrogens with two attached hydrogens (primary N) is 1. The van der Waals surface area contributed by atoms with Gasteiger partial charge in [-0.15, -0.1) is 0 Å². The minimum Gasteiger partial charge on any atom is -0.477 e. The molecule has 0 aromatic carbocycles. The highest BCUT2D eigenvalue weighted by atomic mass is 35.5. The maximum Gasteiger partial charge on any atom is 0.444 e. The van der Waals surface area contributed by atoms with Gasteiger partial charge in [0.2, 0.25) is 10.2 Å². The number of β-lactam (4-membered cyclic amide) rings is 1. The fourth-order valence-electron chi connectivity index (χ4n) is 3.48. The van der Waals surface area contributed by atoms with Crippen LogP contribution in [0.5, 0.6) is 0 Å². The molecule has 1 fully saturated rings. The molecule has 4 heterocycles. The molecule has 2 atom stereocenters. The van der Waals surface area contributed by atoms with Crippen LogP contribution in [0.2, 0.25) is 4.34 Å². The van der Waals surface area contributed by atoms with Gasteiger partial charge in [-0.05, 0) is 24.4 Å². The van der Waals surface area contributed by atoms with E-state index in [4.69, 9.17) is 17.3 Å². The number of carbonyl (C=O) groups is 3. The fraction of sp³-hybridized carbons (Fsp3) is 0.312. The van der Waals surface area contributed by atoms with Crippen molar-refractivity contribution < 1.29 is 37.9 Å². The van der Waals surface area contributed by atoms with Crippen LogP contribution in [-0.4, -0.2) is 65.1 Å². The van der Waals surface area contributed by atoms with Crippen LogP contribution in [0, 0.1) is 0 Å². The smallest absolute Gasteiger partial charge is 0.444 e. The van der Waals surface area contributed by atoms with E-state index in [0.29, 0.717) is 11.8 Å². The van der Waals surface area contributed by atoms with E-state index >= 15 is 0 Å². The van der Waals surface area contributed by atoms with Gasteiger partial charge >= 0.3 is 12.1 Å². The monoisotopic (exact) mass is 569 g/mol. The number of aromatic nitrogens is 3. The van der Waals surface area contributed by atoms with Crippen LogP contribution < -0.4 is 11.1 Å². The summed E-state index contributed by atoms with van der Waals surface area (Å²) in [7, 11) is 0. The third-order valence-electron chi connectivity index (χ3n) is 4.89. The molecule has 4 rings (SSSR count). The van der Waals surface area contributed by atoms with Crippen molar-refractivity contribution in [3.8, 4) is 0 Å². The third-order valence-corrected chi connectivity index (χ3v) is 7.86. The Kier molecular flexibility index (Phi) is 6.64. The minimum atomic E-state index is -4.69. The first-order chi connectivity index (χ1) is 16.4. The van der Waals surface area contributed by atoms with Crippen molar-refractivity contribution in [1.82, 2.24) is 24.6 Å². The van der Waals surface area contributed by atoms with E-state index in [1.54, 1.807) is 0 Å². The summed E-state index contributed by atoms with van der Waals surface area (Å²) in [6.07, 6.45) is -4.44. The number of nitrogens with one attached hydrogen (secondary N) is 1. The number of rotatable bonds is 6. The van der Waals surface area contributed by atoms with E-state index in [2.05, 4.69) is 24.8 Å². The van der Waals surface area contributed by atoms with E-state index in [-0.39, 0.29) is 49.6 Å². The average molecular weight is 570 g/mol. The number of fused-ring (bicyclic) bond motifs is 1. The number of hydrogen-bond donors (Lipinski definition) is 4. The standard InChI is InChI=1S/C16H11ClF3N7O5S3/c17-9-6(23-14(21)34-9)7(25-32)10(28)22-5-3-1-2-4(8(12(30)31)27(3)11(5)29)33-15-24-13(35-26-15)16(18,19)20/h3,5,32H,1-2H2,(H2,21,23)(H,22,28)(H,30,31)/b25-7-. The number of carbonyl (C=O) groups excluding carboxylic acids is 2. The number of halogens is 4. The van der Waals surface area contributed by atoms with E-state index in [1.165, 1.54) is 0 Å². The Morgan fingerprint density at radius 3 is 2.60 bits per heavy atom. The molecule has 1 saturated heterocycles. The van der Waals surface area contributed by atoms with Crippen molar-refractivity contribution in [2.45, 2.75) is 36.3 Å². The molecule has 5 N–H and O–H groups in total. The summed E-state index contributed by atoms with van der Waals surface area (Å²) in [4.78, 5) is 45.5. The number of carboxylic acids is 1. The molecule has 2 amide bonds. The van der Waals surface area contributed by atoms with Crippen LogP contribution in [0.4, 0.5) is 18.3 Å². The van der Waals surface area contributed by atoms with Gasteiger partial charge in [0.1, 0.15) is 21.8 Å². The molecule has 2 aliphatic heterocycles. The first-order valence-electron chi connectivity index (χ1n) is 9.25. The van der Waals surface area contributed by atoms with E-state index < -0.39 is 52.5 Å². The van der Waals surface area contributed by atoms with Gasteiger partial charge in [-0.1, -0.05) is 39.9 Å². The normalized spacial score (nSPS) is 20.5. The Morgan fingerprint density at radius 2 is 2.06 bits per heavy atom. The summed E-state index contributed by atoms with van der Waals surface area (Å²) in [6.45, 7) is 0. The maximum atomic E-state index is 12.8. The molecule has 2 aliphatic rings. The number of aliphatic carboxylic acids is 1. The molecule has 19 heteroatoms. The summed E-state index contributed by atoms with van der Waals surface area (Å²) in [5.74, 6) is -3.25. The van der Waals surface area contributed by atoms with Crippen LogP contribution in [0.15, 0.2) is 20.9 Å². The molecule has 0 spiro atoms. The first-order valence-corrected chi connectivity index (χ1v) is 12.0. The second-order valence-electron chi connectivity index (χ2n) is 6.95. The van der Waals surface area contributed by atoms with Crippen molar-refractivity contribution in [2.75, 3.05) is 5.73 Å². The molecule has 0 saturated carbocycles. The molecule has 2 unspecified atom stereocenters. The van der Waals surface area contributed by atoms with Gasteiger partial charge < -0.3 is 21.4 Å². The Bertz CT molecular complexity index is 1290. The quantitative estimate of drug-likeness (QED) is 0.174. The second kappa shape index (κ2) is 9.25. The summed E-state index contributed by atoms with van der Waals surface area (Å²) in [5, 5.41) is 22.7. The van der Waals surface area contributed by atoms with Gasteiger partial charge in [-0.3, -0.25) is 14.5 Å². The van der Waals surface area contributed by atoms with Crippen molar-refractivity contribution >= 4 is 74.9 Å². The number of thioether (sulfide) groups is 1. The zero-order valence-corrected chi connectivity index (χ0v) is 19.9. The topological polar surface area (TPSA) is 184 Å². The van der Waals surface area contributed by atoms with Crippen LogP contribution in [0.1, 0.15) is 23.5 Å². The summed E-state index contributed by atoms with van der Waals surface area (Å²) < 4.78 is 41.9. The molecule has 2 aromatic rings. The Labute approximate surface area is 209 Å². The lowest BCUT2D eigenvalue weighted by Gasteiger charge is -2.49. The zero-order chi connectivity index (χ0) is 25.7. The van der Waals surface area contributed by atoms with E-state index in [9.17, 15) is 37.9 Å². The van der Waals surface area contributed by atoms with Crippen molar-refractivity contribution in [2.24, 2.45) is 5.16 Å². The van der Waals surface area contributed by atoms with Crippen LogP contribution in [-0.2, 0) is 20.6 Å². The van der Waals surface area contributed by atoms with Crippen molar-refractivity contribution in [3.05, 3.63) is 25.6 Å². The van der Waals surface area contributed by atoms with Gasteiger partial charge in [0, 0.05) is 4.91 Å². The second-order valence-corrected chi connectivity index (χ2v) is 10.4. The lowest BCUT2D eigenvalue weighted by Crippen LogP contribution is -2.72. The average Bonchev–Trinajstić information content (AvgIpc) is 3.38. The number of nitrogens with zero attached hydrogens (tertiary/aromatic N) is 5.